The van der Waals surface area contributed by atoms with Crippen molar-refractivity contribution < 1.29 is 14.3 Å². The highest BCUT2D eigenvalue weighted by molar-refractivity contribution is 7.99. The fourth-order valence-electron chi connectivity index (χ4n) is 3.65. The Hall–Kier alpha value is -3.91. The fourth-order valence-corrected chi connectivity index (χ4v) is 4.50. The minimum atomic E-state index is -0.235. The van der Waals surface area contributed by atoms with Gasteiger partial charge in [-0.05, 0) is 44.2 Å². The number of benzene rings is 3. The minimum Gasteiger partial charge on any atom is -0.482 e. The number of fused-ring (bicyclic) bond motifs is 1. The van der Waals surface area contributed by atoms with Crippen LogP contribution >= 0.6 is 11.8 Å². The van der Waals surface area contributed by atoms with E-state index in [1.807, 2.05) is 66.9 Å². The lowest BCUT2D eigenvalue weighted by molar-refractivity contribution is -0.118. The van der Waals surface area contributed by atoms with Crippen LogP contribution in [0.15, 0.2) is 71.9 Å². The molecule has 1 aliphatic rings. The van der Waals surface area contributed by atoms with E-state index in [1.54, 1.807) is 18.2 Å². The number of carbonyl (C=O) groups excluding carboxylic acids is 2. The van der Waals surface area contributed by atoms with Crippen LogP contribution < -0.4 is 10.1 Å². The maximum atomic E-state index is 13.0. The van der Waals surface area contributed by atoms with Gasteiger partial charge in [-0.3, -0.25) is 14.2 Å². The standard InChI is InChI=1S/C26H22N4O3S/c1-16-3-7-18(8-4-16)25-28-29-26(30(25)20-10-5-17(2)6-11-20)34-15-22(31)19-9-12-23-21(13-19)27-24(32)14-33-23/h3-13H,14-15H2,1-2H3,(H,27,32). The third kappa shape index (κ3) is 4.45. The second-order valence-corrected chi connectivity index (χ2v) is 9.05. The molecule has 0 saturated heterocycles. The molecule has 1 aliphatic heterocycles. The van der Waals surface area contributed by atoms with Crippen molar-refractivity contribution in [2.75, 3.05) is 17.7 Å². The average Bonchev–Trinajstić information content (AvgIpc) is 3.27. The van der Waals surface area contributed by atoms with Crippen molar-refractivity contribution in [3.05, 3.63) is 83.4 Å². The predicted molar refractivity (Wildman–Crippen MR) is 132 cm³/mol. The molecule has 34 heavy (non-hydrogen) atoms. The van der Waals surface area contributed by atoms with Crippen molar-refractivity contribution in [2.45, 2.75) is 19.0 Å². The molecule has 0 bridgehead atoms. The molecule has 0 spiro atoms. The maximum absolute atomic E-state index is 13.0. The Balaban J connectivity index is 1.43. The summed E-state index contributed by atoms with van der Waals surface area (Å²) in [5.74, 6) is 1.13. The Labute approximate surface area is 201 Å². The minimum absolute atomic E-state index is 0.0197. The molecule has 4 aromatic rings. The van der Waals surface area contributed by atoms with Gasteiger partial charge in [0.05, 0.1) is 11.4 Å². The van der Waals surface area contributed by atoms with Crippen molar-refractivity contribution in [3.63, 3.8) is 0 Å². The summed E-state index contributed by atoms with van der Waals surface area (Å²) in [6.45, 7) is 4.06. The van der Waals surface area contributed by atoms with Crippen LogP contribution in [0.1, 0.15) is 21.5 Å². The highest BCUT2D eigenvalue weighted by Crippen LogP contribution is 2.31. The van der Waals surface area contributed by atoms with Crippen molar-refractivity contribution in [3.8, 4) is 22.8 Å². The Kier molecular flexibility index (Phi) is 5.90. The summed E-state index contributed by atoms with van der Waals surface area (Å²) in [6, 6.07) is 21.3. The molecule has 0 saturated carbocycles. The zero-order valence-electron chi connectivity index (χ0n) is 18.7. The molecule has 0 aliphatic carbocycles. The van der Waals surface area contributed by atoms with Crippen LogP contribution in [0, 0.1) is 13.8 Å². The SMILES string of the molecule is Cc1ccc(-c2nnc(SCC(=O)c3ccc4c(c3)NC(=O)CO4)n2-c2ccc(C)cc2)cc1. The van der Waals surface area contributed by atoms with E-state index in [0.29, 0.717) is 28.0 Å². The van der Waals surface area contributed by atoms with E-state index in [4.69, 9.17) is 4.74 Å². The van der Waals surface area contributed by atoms with Gasteiger partial charge in [0.25, 0.3) is 5.91 Å². The number of hydrogen-bond acceptors (Lipinski definition) is 6. The van der Waals surface area contributed by atoms with Crippen molar-refractivity contribution >= 4 is 29.1 Å². The largest absolute Gasteiger partial charge is 0.482 e. The lowest BCUT2D eigenvalue weighted by atomic mass is 10.1. The van der Waals surface area contributed by atoms with Crippen molar-refractivity contribution in [2.24, 2.45) is 0 Å². The van der Waals surface area contributed by atoms with Crippen LogP contribution in [-0.2, 0) is 4.79 Å². The molecule has 0 radical (unpaired) electrons. The number of nitrogens with one attached hydrogen (secondary N) is 1. The van der Waals surface area contributed by atoms with Crippen molar-refractivity contribution in [1.82, 2.24) is 14.8 Å². The summed E-state index contributed by atoms with van der Waals surface area (Å²) in [7, 11) is 0. The molecule has 1 aromatic heterocycles. The first-order chi connectivity index (χ1) is 16.5. The molecule has 1 amide bonds. The number of thioether (sulfide) groups is 1. The van der Waals surface area contributed by atoms with E-state index < -0.39 is 0 Å². The van der Waals surface area contributed by atoms with E-state index in [1.165, 1.54) is 11.8 Å². The molecule has 7 nitrogen and oxygen atoms in total. The maximum Gasteiger partial charge on any atom is 0.262 e. The van der Waals surface area contributed by atoms with Gasteiger partial charge in [0.15, 0.2) is 23.4 Å². The highest BCUT2D eigenvalue weighted by atomic mass is 32.2. The smallest absolute Gasteiger partial charge is 0.262 e. The number of ketones is 1. The molecule has 3 aromatic carbocycles. The van der Waals surface area contributed by atoms with Crippen LogP contribution in [0.4, 0.5) is 5.69 Å². The van der Waals surface area contributed by atoms with E-state index >= 15 is 0 Å². The van der Waals surface area contributed by atoms with Gasteiger partial charge in [-0.25, -0.2) is 0 Å². The summed E-state index contributed by atoms with van der Waals surface area (Å²) in [5.41, 5.74) is 5.20. The number of nitrogens with zero attached hydrogens (tertiary/aromatic N) is 3. The summed E-state index contributed by atoms with van der Waals surface area (Å²) in [6.07, 6.45) is 0. The summed E-state index contributed by atoms with van der Waals surface area (Å²) in [4.78, 5) is 24.6. The van der Waals surface area contributed by atoms with Crippen LogP contribution in [0.5, 0.6) is 5.75 Å². The van der Waals surface area contributed by atoms with Crippen LogP contribution in [0.2, 0.25) is 0 Å². The Morgan fingerprint density at radius 2 is 1.71 bits per heavy atom. The molecule has 0 atom stereocenters. The van der Waals surface area contributed by atoms with Gasteiger partial charge >= 0.3 is 0 Å². The van der Waals surface area contributed by atoms with Crippen LogP contribution in [-0.4, -0.2) is 38.8 Å². The van der Waals surface area contributed by atoms with E-state index in [9.17, 15) is 9.59 Å². The number of amides is 1. The van der Waals surface area contributed by atoms with Gasteiger partial charge in [0.1, 0.15) is 5.75 Å². The summed E-state index contributed by atoms with van der Waals surface area (Å²) >= 11 is 1.33. The summed E-state index contributed by atoms with van der Waals surface area (Å²) in [5, 5.41) is 12.2. The quantitative estimate of drug-likeness (QED) is 0.320. The van der Waals surface area contributed by atoms with Gasteiger partial charge in [0.2, 0.25) is 0 Å². The molecule has 170 valence electrons. The average molecular weight is 471 g/mol. The lowest BCUT2D eigenvalue weighted by Crippen LogP contribution is -2.25. The first-order valence-corrected chi connectivity index (χ1v) is 11.8. The molecule has 1 N–H and O–H groups in total. The third-order valence-corrected chi connectivity index (χ3v) is 6.43. The third-order valence-electron chi connectivity index (χ3n) is 5.50. The number of anilines is 1. The van der Waals surface area contributed by atoms with E-state index in [0.717, 1.165) is 22.4 Å². The van der Waals surface area contributed by atoms with E-state index in [-0.39, 0.29) is 24.1 Å². The Bertz CT molecular complexity index is 1380. The van der Waals surface area contributed by atoms with Gasteiger partial charge in [-0.15, -0.1) is 10.2 Å². The van der Waals surface area contributed by atoms with Crippen LogP contribution in [0.3, 0.4) is 0 Å². The normalized spacial score (nSPS) is 12.6. The molecular formula is C26H22N4O3S. The monoisotopic (exact) mass is 470 g/mol. The topological polar surface area (TPSA) is 86.1 Å². The highest BCUT2D eigenvalue weighted by Gasteiger charge is 2.20. The second kappa shape index (κ2) is 9.15. The predicted octanol–water partition coefficient (Wildman–Crippen LogP) is 4.86. The number of Topliss-reactive ketones (excluding diaryl/α,β-unsaturated/α-hetero) is 1. The second-order valence-electron chi connectivity index (χ2n) is 8.10. The number of aromatic nitrogens is 3. The molecule has 0 fully saturated rings. The molecule has 0 unspecified atom stereocenters. The first kappa shape index (κ1) is 21.9. The Morgan fingerprint density at radius 1 is 1.00 bits per heavy atom. The van der Waals surface area contributed by atoms with Gasteiger partial charge in [0, 0.05) is 16.8 Å². The Morgan fingerprint density at radius 3 is 2.44 bits per heavy atom. The number of aryl methyl sites for hydroxylation is 2. The molecular weight excluding hydrogens is 448 g/mol. The molecule has 5 rings (SSSR count). The number of ether oxygens (including phenoxy) is 1. The summed E-state index contributed by atoms with van der Waals surface area (Å²) < 4.78 is 7.35. The fraction of sp³-hybridized carbons (Fsp3) is 0.154. The van der Waals surface area contributed by atoms with Gasteiger partial charge in [-0.2, -0.15) is 0 Å². The van der Waals surface area contributed by atoms with Crippen molar-refractivity contribution in [1.29, 1.82) is 0 Å². The zero-order chi connectivity index (χ0) is 23.7. The zero-order valence-corrected chi connectivity index (χ0v) is 19.6. The van der Waals surface area contributed by atoms with Gasteiger partial charge in [-0.1, -0.05) is 59.3 Å². The number of carbonyl (C=O) groups is 2. The number of hydrogen-bond donors (Lipinski definition) is 1. The van der Waals surface area contributed by atoms with E-state index in [2.05, 4.69) is 15.5 Å². The first-order valence-electron chi connectivity index (χ1n) is 10.8. The van der Waals surface area contributed by atoms with Crippen LogP contribution in [0.25, 0.3) is 17.1 Å². The van der Waals surface area contributed by atoms with Gasteiger partial charge < -0.3 is 10.1 Å². The molecule has 2 heterocycles. The molecule has 8 heteroatoms. The lowest BCUT2D eigenvalue weighted by Gasteiger charge is -2.18. The number of rotatable bonds is 6.